The molecule has 1 amide bonds. The van der Waals surface area contributed by atoms with Gasteiger partial charge in [-0.3, -0.25) is 9.52 Å². The zero-order chi connectivity index (χ0) is 21.7. The zero-order valence-corrected chi connectivity index (χ0v) is 18.3. The van der Waals surface area contributed by atoms with E-state index in [0.717, 1.165) is 24.2 Å². The topological polar surface area (TPSA) is 127 Å². The predicted molar refractivity (Wildman–Crippen MR) is 110 cm³/mol. The molecule has 0 bridgehead atoms. The number of benzene rings is 1. The van der Waals surface area contributed by atoms with Gasteiger partial charge in [0.05, 0.1) is 12.2 Å². The minimum absolute atomic E-state index is 0.0930. The largest absolute Gasteiger partial charge is 0.462 e. The van der Waals surface area contributed by atoms with Crippen molar-refractivity contribution in [2.45, 2.75) is 44.9 Å². The van der Waals surface area contributed by atoms with Crippen LogP contribution in [-0.4, -0.2) is 37.1 Å². The van der Waals surface area contributed by atoms with Crippen LogP contribution in [0.3, 0.4) is 0 Å². The number of anilines is 2. The summed E-state index contributed by atoms with van der Waals surface area (Å²) in [4.78, 5) is 23.9. The van der Waals surface area contributed by atoms with Gasteiger partial charge in [-0.1, -0.05) is 45.5 Å². The highest BCUT2D eigenvalue weighted by Gasteiger charge is 2.25. The highest BCUT2D eigenvalue weighted by molar-refractivity contribution is 7.94. The Kier molecular flexibility index (Phi) is 7.31. The van der Waals surface area contributed by atoms with E-state index in [4.69, 9.17) is 4.74 Å². The van der Waals surface area contributed by atoms with Crippen molar-refractivity contribution in [2.75, 3.05) is 16.6 Å². The van der Waals surface area contributed by atoms with Gasteiger partial charge in [0.2, 0.25) is 11.0 Å². The number of hydrogen-bond acceptors (Lipinski definition) is 8. The number of nitrogens with zero attached hydrogens (tertiary/aromatic N) is 2. The fraction of sp³-hybridized carbons (Fsp3) is 0.444. The van der Waals surface area contributed by atoms with Crippen LogP contribution in [0.25, 0.3) is 0 Å². The first-order valence-corrected chi connectivity index (χ1v) is 11.3. The van der Waals surface area contributed by atoms with E-state index in [-0.39, 0.29) is 21.1 Å². The Bertz CT molecular complexity index is 963. The summed E-state index contributed by atoms with van der Waals surface area (Å²) in [5, 5.41) is 9.98. The summed E-state index contributed by atoms with van der Waals surface area (Å²) in [5.74, 6) is -0.761. The molecule has 1 aromatic heterocycles. The van der Waals surface area contributed by atoms with Crippen LogP contribution in [0.2, 0.25) is 0 Å². The molecule has 0 aliphatic carbocycles. The van der Waals surface area contributed by atoms with Crippen molar-refractivity contribution in [3.63, 3.8) is 0 Å². The molecule has 1 heterocycles. The third kappa shape index (κ3) is 6.50. The predicted octanol–water partition coefficient (Wildman–Crippen LogP) is 3.28. The van der Waals surface area contributed by atoms with E-state index in [1.165, 1.54) is 24.3 Å². The third-order valence-corrected chi connectivity index (χ3v) is 6.23. The number of sulfonamides is 1. The van der Waals surface area contributed by atoms with Gasteiger partial charge in [-0.2, -0.15) is 8.42 Å². The van der Waals surface area contributed by atoms with Crippen molar-refractivity contribution < 1.29 is 22.7 Å². The number of nitrogens with one attached hydrogen (secondary N) is 2. The first kappa shape index (κ1) is 22.8. The third-order valence-electron chi connectivity index (χ3n) is 3.64. The van der Waals surface area contributed by atoms with Crippen molar-refractivity contribution in [2.24, 2.45) is 5.41 Å². The minimum atomic E-state index is -3.99. The molecule has 2 N–H and O–H groups in total. The Morgan fingerprint density at radius 2 is 1.79 bits per heavy atom. The Hall–Kier alpha value is -2.53. The lowest BCUT2D eigenvalue weighted by molar-refractivity contribution is -0.123. The minimum Gasteiger partial charge on any atom is -0.462 e. The summed E-state index contributed by atoms with van der Waals surface area (Å²) in [6.45, 7) is 7.52. The highest BCUT2D eigenvalue weighted by Crippen LogP contribution is 2.24. The van der Waals surface area contributed by atoms with Gasteiger partial charge in [0, 0.05) is 11.1 Å². The Morgan fingerprint density at radius 1 is 1.14 bits per heavy atom. The van der Waals surface area contributed by atoms with Crippen LogP contribution in [0.1, 0.15) is 50.9 Å². The normalized spacial score (nSPS) is 11.7. The second-order valence-corrected chi connectivity index (χ2v) is 10.1. The average Bonchev–Trinajstić information content (AvgIpc) is 3.11. The molecule has 0 unspecified atom stereocenters. The highest BCUT2D eigenvalue weighted by atomic mass is 32.2. The maximum absolute atomic E-state index is 12.5. The number of aromatic nitrogens is 2. The molecule has 0 atom stereocenters. The van der Waals surface area contributed by atoms with Gasteiger partial charge in [-0.15, -0.1) is 10.2 Å². The standard InChI is InChI=1S/C18H24N4O5S2/c1-5-6-11-27-14(23)12-7-9-13(10-8-12)22-29(25,26)17-21-20-16(28-17)19-15(24)18(2,3)4/h7-10,22H,5-6,11H2,1-4H3,(H,19,20,24). The van der Waals surface area contributed by atoms with Gasteiger partial charge in [0.15, 0.2) is 0 Å². The van der Waals surface area contributed by atoms with Gasteiger partial charge in [0.25, 0.3) is 14.4 Å². The molecule has 0 radical (unpaired) electrons. The molecule has 0 spiro atoms. The van der Waals surface area contributed by atoms with E-state index >= 15 is 0 Å². The Labute approximate surface area is 173 Å². The molecule has 0 fully saturated rings. The molecule has 11 heteroatoms. The first-order chi connectivity index (χ1) is 13.5. The molecule has 158 valence electrons. The summed E-state index contributed by atoms with van der Waals surface area (Å²) in [5.41, 5.74) is -0.0692. The number of amides is 1. The smallest absolute Gasteiger partial charge is 0.338 e. The van der Waals surface area contributed by atoms with Crippen molar-refractivity contribution in [3.8, 4) is 0 Å². The van der Waals surface area contributed by atoms with Crippen LogP contribution in [0.5, 0.6) is 0 Å². The number of hydrogen-bond donors (Lipinski definition) is 2. The van der Waals surface area contributed by atoms with Crippen molar-refractivity contribution in [1.29, 1.82) is 0 Å². The van der Waals surface area contributed by atoms with E-state index < -0.39 is 21.4 Å². The molecule has 9 nitrogen and oxygen atoms in total. The summed E-state index contributed by atoms with van der Waals surface area (Å²) in [7, 11) is -3.99. The van der Waals surface area contributed by atoms with Gasteiger partial charge in [-0.25, -0.2) is 4.79 Å². The van der Waals surface area contributed by atoms with E-state index in [0.29, 0.717) is 12.2 Å². The van der Waals surface area contributed by atoms with Crippen LogP contribution < -0.4 is 10.0 Å². The molecule has 29 heavy (non-hydrogen) atoms. The first-order valence-electron chi connectivity index (χ1n) is 8.98. The molecular formula is C18H24N4O5S2. The SMILES string of the molecule is CCCCOC(=O)c1ccc(NS(=O)(=O)c2nnc(NC(=O)C(C)(C)C)s2)cc1. The molecule has 2 aromatic rings. The summed E-state index contributed by atoms with van der Waals surface area (Å²) in [6, 6.07) is 5.86. The van der Waals surface area contributed by atoms with Gasteiger partial charge >= 0.3 is 5.97 Å². The maximum Gasteiger partial charge on any atom is 0.338 e. The lowest BCUT2D eigenvalue weighted by Gasteiger charge is -2.15. The molecule has 0 saturated carbocycles. The summed E-state index contributed by atoms with van der Waals surface area (Å²) in [6.07, 6.45) is 1.70. The average molecular weight is 441 g/mol. The van der Waals surface area contributed by atoms with E-state index in [2.05, 4.69) is 20.2 Å². The van der Waals surface area contributed by atoms with E-state index in [1.807, 2.05) is 6.92 Å². The van der Waals surface area contributed by atoms with Gasteiger partial charge in [-0.05, 0) is 30.7 Å². The van der Waals surface area contributed by atoms with Crippen LogP contribution in [0.15, 0.2) is 28.6 Å². The number of esters is 1. The van der Waals surface area contributed by atoms with E-state index in [9.17, 15) is 18.0 Å². The molecule has 2 rings (SSSR count). The molecule has 0 saturated heterocycles. The Balaban J connectivity index is 2.04. The van der Waals surface area contributed by atoms with Crippen molar-refractivity contribution in [1.82, 2.24) is 10.2 Å². The fourth-order valence-corrected chi connectivity index (χ4v) is 3.87. The van der Waals surface area contributed by atoms with Crippen LogP contribution in [0.4, 0.5) is 10.8 Å². The number of carbonyl (C=O) groups excluding carboxylic acids is 2. The maximum atomic E-state index is 12.5. The fourth-order valence-electron chi connectivity index (χ4n) is 1.92. The quantitative estimate of drug-likeness (QED) is 0.366. The molecule has 1 aromatic carbocycles. The Morgan fingerprint density at radius 3 is 2.38 bits per heavy atom. The van der Waals surface area contributed by atoms with Gasteiger partial charge < -0.3 is 10.1 Å². The zero-order valence-electron chi connectivity index (χ0n) is 16.7. The number of unbranched alkanes of at least 4 members (excludes halogenated alkanes) is 1. The van der Waals surface area contributed by atoms with E-state index in [1.54, 1.807) is 20.8 Å². The van der Waals surface area contributed by atoms with Crippen molar-refractivity contribution >= 4 is 44.1 Å². The number of rotatable bonds is 8. The van der Waals surface area contributed by atoms with Crippen LogP contribution in [-0.2, 0) is 19.6 Å². The molecule has 0 aliphatic rings. The number of ether oxygens (including phenoxy) is 1. The lowest BCUT2D eigenvalue weighted by atomic mass is 9.96. The summed E-state index contributed by atoms with van der Waals surface area (Å²) >= 11 is 0.744. The second kappa shape index (κ2) is 9.31. The monoisotopic (exact) mass is 440 g/mol. The van der Waals surface area contributed by atoms with Crippen LogP contribution >= 0.6 is 11.3 Å². The number of carbonyl (C=O) groups is 2. The van der Waals surface area contributed by atoms with Gasteiger partial charge in [0.1, 0.15) is 0 Å². The van der Waals surface area contributed by atoms with Crippen LogP contribution in [0, 0.1) is 5.41 Å². The molecule has 0 aliphatic heterocycles. The second-order valence-electron chi connectivity index (χ2n) is 7.25. The molecular weight excluding hydrogens is 416 g/mol. The van der Waals surface area contributed by atoms with Crippen molar-refractivity contribution in [3.05, 3.63) is 29.8 Å². The summed E-state index contributed by atoms with van der Waals surface area (Å²) < 4.78 is 32.2. The lowest BCUT2D eigenvalue weighted by Crippen LogP contribution is -2.27.